The number of rotatable bonds is 6. The first-order valence-corrected chi connectivity index (χ1v) is 17.0. The fourth-order valence-electron chi connectivity index (χ4n) is 7.95. The number of fused-ring (bicyclic) bond motifs is 2. The van der Waals surface area contributed by atoms with Crippen molar-refractivity contribution in [1.82, 2.24) is 10.2 Å². The van der Waals surface area contributed by atoms with E-state index in [1.165, 1.54) is 4.90 Å². The van der Waals surface area contributed by atoms with Gasteiger partial charge in [0.25, 0.3) is 5.91 Å². The van der Waals surface area contributed by atoms with Crippen LogP contribution in [0, 0.1) is 31.6 Å². The van der Waals surface area contributed by atoms with E-state index in [1.807, 2.05) is 82.3 Å². The standard InChI is InChI=1S/C38H45N3O7/c1-5-23(2)27(22-42)41-34-36(45)40(33-24(3)13-11-14-25(33)4)20-12-19-38(34)32(35(41)44)31-28(48-38)17-9-10-18-30(43)39-21-29(47-37(31)46)26-15-7-6-8-16-26/h6-9,11-17,19,23,27-29,31-32,34,42H,5,10,18,20-22H2,1-4H3,(H,39,43)/b17-9-/t23-,27-,28+,29-,31-,32-,34+,38-/m0/s1. The zero-order valence-corrected chi connectivity index (χ0v) is 28.0. The SMILES string of the molecule is CC[C@H](C)[C@H](CO)N1C(=O)[C@@H]2[C@H]3C(=O)O[C@H](c4ccccc4)CNC(=O)CC/C=C\[C@H]3O[C@@]23C=CCN(c2c(C)cccc2C)C(=O)[C@@H]13. The number of hydrogen-bond donors (Lipinski definition) is 2. The number of anilines is 1. The molecule has 2 aromatic carbocycles. The number of cyclic esters (lactones) is 1. The molecular weight excluding hydrogens is 610 g/mol. The van der Waals surface area contributed by atoms with Crippen molar-refractivity contribution in [1.29, 1.82) is 0 Å². The zero-order valence-electron chi connectivity index (χ0n) is 28.0. The molecule has 3 amide bonds. The van der Waals surface area contributed by atoms with Gasteiger partial charge in [-0.3, -0.25) is 19.2 Å². The molecule has 4 heterocycles. The number of nitrogens with one attached hydrogen (secondary N) is 1. The van der Waals surface area contributed by atoms with Crippen molar-refractivity contribution in [3.8, 4) is 0 Å². The van der Waals surface area contributed by atoms with Crippen molar-refractivity contribution >= 4 is 29.4 Å². The van der Waals surface area contributed by atoms with Gasteiger partial charge in [-0.1, -0.05) is 93.1 Å². The first-order valence-electron chi connectivity index (χ1n) is 17.0. The quantitative estimate of drug-likeness (QED) is 0.357. The van der Waals surface area contributed by atoms with Gasteiger partial charge in [0.15, 0.2) is 0 Å². The van der Waals surface area contributed by atoms with Crippen LogP contribution in [0.15, 0.2) is 72.8 Å². The number of carbonyl (C=O) groups excluding carboxylic acids is 4. The number of esters is 1. The molecule has 8 atom stereocenters. The van der Waals surface area contributed by atoms with E-state index in [-0.39, 0.29) is 43.8 Å². The molecular formula is C38H45N3O7. The number of para-hydroxylation sites is 1. The average molecular weight is 656 g/mol. The Hall–Kier alpha value is -4.28. The summed E-state index contributed by atoms with van der Waals surface area (Å²) in [6.45, 7) is 7.78. The fraction of sp³-hybridized carbons (Fsp3) is 0.474. The molecule has 10 heteroatoms. The highest BCUT2D eigenvalue weighted by molar-refractivity contribution is 6.06. The molecule has 0 radical (unpaired) electrons. The number of benzene rings is 2. The predicted molar refractivity (Wildman–Crippen MR) is 180 cm³/mol. The molecule has 0 bridgehead atoms. The summed E-state index contributed by atoms with van der Waals surface area (Å²) < 4.78 is 13.0. The fourth-order valence-corrected chi connectivity index (χ4v) is 7.95. The number of likely N-dealkylation sites (tertiary alicyclic amines) is 1. The van der Waals surface area contributed by atoms with Crippen LogP contribution >= 0.6 is 0 Å². The molecule has 0 unspecified atom stereocenters. The van der Waals surface area contributed by atoms with Gasteiger partial charge in [0.1, 0.15) is 23.7 Å². The Kier molecular flexibility index (Phi) is 9.58. The van der Waals surface area contributed by atoms with Gasteiger partial charge >= 0.3 is 5.97 Å². The van der Waals surface area contributed by atoms with E-state index in [0.29, 0.717) is 18.4 Å². The van der Waals surface area contributed by atoms with Crippen LogP contribution in [0.2, 0.25) is 0 Å². The maximum atomic E-state index is 15.0. The Balaban J connectivity index is 1.49. The maximum Gasteiger partial charge on any atom is 0.313 e. The second-order valence-electron chi connectivity index (χ2n) is 13.4. The van der Waals surface area contributed by atoms with Gasteiger partial charge < -0.3 is 29.7 Å². The number of aliphatic hydroxyl groups excluding tert-OH is 1. The van der Waals surface area contributed by atoms with Crippen molar-refractivity contribution < 1.29 is 33.8 Å². The Bertz CT molecular complexity index is 1600. The molecule has 2 N–H and O–H groups in total. The van der Waals surface area contributed by atoms with Crippen molar-refractivity contribution in [3.63, 3.8) is 0 Å². The summed E-state index contributed by atoms with van der Waals surface area (Å²) in [7, 11) is 0. The molecule has 4 aliphatic rings. The highest BCUT2D eigenvalue weighted by Gasteiger charge is 2.73. The van der Waals surface area contributed by atoms with E-state index in [2.05, 4.69) is 5.32 Å². The number of aryl methyl sites for hydroxylation is 2. The lowest BCUT2D eigenvalue weighted by atomic mass is 9.77. The van der Waals surface area contributed by atoms with Gasteiger partial charge in [-0.2, -0.15) is 0 Å². The van der Waals surface area contributed by atoms with Gasteiger partial charge in [-0.15, -0.1) is 0 Å². The van der Waals surface area contributed by atoms with Crippen LogP contribution in [0.5, 0.6) is 0 Å². The summed E-state index contributed by atoms with van der Waals surface area (Å²) in [6, 6.07) is 13.2. The van der Waals surface area contributed by atoms with Crippen LogP contribution < -0.4 is 10.2 Å². The highest BCUT2D eigenvalue weighted by atomic mass is 16.6. The van der Waals surface area contributed by atoms with Gasteiger partial charge in [0, 0.05) is 18.7 Å². The number of nitrogens with zero attached hydrogens (tertiary/aromatic N) is 2. The molecule has 4 aliphatic heterocycles. The van der Waals surface area contributed by atoms with Gasteiger partial charge in [0.2, 0.25) is 11.8 Å². The van der Waals surface area contributed by atoms with Gasteiger partial charge in [-0.25, -0.2) is 0 Å². The summed E-state index contributed by atoms with van der Waals surface area (Å²) >= 11 is 0. The molecule has 2 aromatic rings. The third kappa shape index (κ3) is 5.75. The van der Waals surface area contributed by atoms with Crippen LogP contribution in [0.4, 0.5) is 5.69 Å². The Labute approximate surface area is 281 Å². The lowest BCUT2D eigenvalue weighted by Gasteiger charge is -2.40. The number of ether oxygens (including phenoxy) is 2. The van der Waals surface area contributed by atoms with E-state index in [9.17, 15) is 19.5 Å². The van der Waals surface area contributed by atoms with E-state index in [1.54, 1.807) is 23.1 Å². The maximum absolute atomic E-state index is 15.0. The monoisotopic (exact) mass is 655 g/mol. The van der Waals surface area contributed by atoms with Crippen LogP contribution in [-0.4, -0.2) is 77.2 Å². The molecule has 0 saturated carbocycles. The lowest BCUT2D eigenvalue weighted by Crippen LogP contribution is -2.59. The van der Waals surface area contributed by atoms with Crippen molar-refractivity contribution in [2.24, 2.45) is 17.8 Å². The summed E-state index contributed by atoms with van der Waals surface area (Å²) in [5.74, 6) is -3.89. The number of aliphatic hydroxyl groups is 1. The summed E-state index contributed by atoms with van der Waals surface area (Å²) in [6.07, 6.45) is 6.75. The molecule has 10 nitrogen and oxygen atoms in total. The van der Waals surface area contributed by atoms with E-state index in [4.69, 9.17) is 9.47 Å². The second-order valence-corrected chi connectivity index (χ2v) is 13.4. The Morgan fingerprint density at radius 1 is 1.00 bits per heavy atom. The summed E-state index contributed by atoms with van der Waals surface area (Å²) in [5, 5.41) is 13.6. The Morgan fingerprint density at radius 2 is 1.73 bits per heavy atom. The largest absolute Gasteiger partial charge is 0.455 e. The third-order valence-corrected chi connectivity index (χ3v) is 10.5. The third-order valence-electron chi connectivity index (χ3n) is 10.5. The lowest BCUT2D eigenvalue weighted by molar-refractivity contribution is -0.160. The number of carbonyl (C=O) groups is 4. The van der Waals surface area contributed by atoms with E-state index < -0.39 is 53.6 Å². The summed E-state index contributed by atoms with van der Waals surface area (Å²) in [4.78, 5) is 60.2. The van der Waals surface area contributed by atoms with Crippen molar-refractivity contribution in [2.45, 2.75) is 76.9 Å². The normalized spacial score (nSPS) is 31.0. The highest BCUT2D eigenvalue weighted by Crippen LogP contribution is 2.54. The molecule has 254 valence electrons. The summed E-state index contributed by atoms with van der Waals surface area (Å²) in [5.41, 5.74) is 1.78. The van der Waals surface area contributed by atoms with Gasteiger partial charge in [0.05, 0.1) is 31.2 Å². The molecule has 0 aliphatic carbocycles. The molecule has 2 fully saturated rings. The topological polar surface area (TPSA) is 125 Å². The second kappa shape index (κ2) is 13.7. The first kappa shape index (κ1) is 33.6. The number of allylic oxidation sites excluding steroid dienone is 1. The molecule has 6 rings (SSSR count). The predicted octanol–water partition coefficient (Wildman–Crippen LogP) is 3.94. The Morgan fingerprint density at radius 3 is 2.42 bits per heavy atom. The van der Waals surface area contributed by atoms with Crippen molar-refractivity contribution in [2.75, 3.05) is 24.6 Å². The molecule has 1 spiro atoms. The van der Waals surface area contributed by atoms with Crippen LogP contribution in [0.25, 0.3) is 0 Å². The minimum atomic E-state index is -1.50. The number of amides is 3. The number of hydrogen-bond acceptors (Lipinski definition) is 7. The van der Waals surface area contributed by atoms with Crippen LogP contribution in [0.1, 0.15) is 55.9 Å². The minimum Gasteiger partial charge on any atom is -0.455 e. The van der Waals surface area contributed by atoms with Gasteiger partial charge in [-0.05, 0) is 42.9 Å². The van der Waals surface area contributed by atoms with E-state index >= 15 is 4.79 Å². The van der Waals surface area contributed by atoms with Crippen LogP contribution in [-0.2, 0) is 28.7 Å². The smallest absolute Gasteiger partial charge is 0.313 e. The minimum absolute atomic E-state index is 0.0682. The first-order chi connectivity index (χ1) is 23.1. The van der Waals surface area contributed by atoms with E-state index in [0.717, 1.165) is 16.8 Å². The zero-order chi connectivity index (χ0) is 34.2. The molecule has 0 aromatic heterocycles. The average Bonchev–Trinajstić information content (AvgIpc) is 3.47. The van der Waals surface area contributed by atoms with Crippen LogP contribution in [0.3, 0.4) is 0 Å². The van der Waals surface area contributed by atoms with Crippen molar-refractivity contribution in [3.05, 3.63) is 89.5 Å². The molecule has 2 saturated heterocycles. The molecule has 48 heavy (non-hydrogen) atoms.